The number of phosphoric acid groups is 1. The van der Waals surface area contributed by atoms with Crippen molar-refractivity contribution in [1.29, 1.82) is 0 Å². The molecular formula is C14H23O4P. The summed E-state index contributed by atoms with van der Waals surface area (Å²) in [5.41, 5.74) is -0.211. The molecule has 1 aliphatic carbocycles. The molecule has 19 heavy (non-hydrogen) atoms. The Morgan fingerprint density at radius 2 is 1.84 bits per heavy atom. The van der Waals surface area contributed by atoms with Crippen LogP contribution in [0.1, 0.15) is 41.5 Å². The van der Waals surface area contributed by atoms with Gasteiger partial charge in [0.25, 0.3) is 0 Å². The summed E-state index contributed by atoms with van der Waals surface area (Å²) in [6.07, 6.45) is 5.24. The highest BCUT2D eigenvalue weighted by Gasteiger charge is 2.60. The molecule has 1 N–H and O–H groups in total. The van der Waals surface area contributed by atoms with E-state index in [9.17, 15) is 9.46 Å². The molecule has 3 atom stereocenters. The minimum atomic E-state index is -3.99. The van der Waals surface area contributed by atoms with Gasteiger partial charge in [-0.15, -0.1) is 0 Å². The normalized spacial score (nSPS) is 39.1. The van der Waals surface area contributed by atoms with Crippen molar-refractivity contribution in [2.75, 3.05) is 0 Å². The molecule has 1 saturated heterocycles. The van der Waals surface area contributed by atoms with E-state index in [-0.39, 0.29) is 10.8 Å². The van der Waals surface area contributed by atoms with Crippen LogP contribution in [0.15, 0.2) is 23.8 Å². The summed E-state index contributed by atoms with van der Waals surface area (Å²) in [7, 11) is -3.99. The molecule has 0 radical (unpaired) electrons. The van der Waals surface area contributed by atoms with Crippen molar-refractivity contribution in [3.63, 3.8) is 0 Å². The van der Waals surface area contributed by atoms with Gasteiger partial charge in [-0.3, -0.25) is 9.05 Å². The molecule has 1 fully saturated rings. The Hall–Kier alpha value is -0.410. The lowest BCUT2D eigenvalue weighted by Crippen LogP contribution is -2.50. The first-order chi connectivity index (χ1) is 8.37. The zero-order chi connectivity index (χ0) is 14.7. The van der Waals surface area contributed by atoms with Crippen LogP contribution in [0, 0.1) is 10.8 Å². The van der Waals surface area contributed by atoms with Gasteiger partial charge in [0.1, 0.15) is 11.7 Å². The molecule has 0 bridgehead atoms. The topological polar surface area (TPSA) is 55.8 Å². The minimum Gasteiger partial charge on any atom is -0.302 e. The molecule has 0 aromatic rings. The Bertz CT molecular complexity index is 493. The Balaban J connectivity index is 2.57. The fourth-order valence-electron chi connectivity index (χ4n) is 2.49. The third kappa shape index (κ3) is 2.47. The average Bonchev–Trinajstić information content (AvgIpc) is 2.45. The first kappa shape index (κ1) is 15.0. The van der Waals surface area contributed by atoms with Crippen LogP contribution in [0.4, 0.5) is 0 Å². The minimum absolute atomic E-state index is 0.0505. The fraction of sp³-hybridized carbons (Fsp3) is 0.714. The van der Waals surface area contributed by atoms with Crippen LogP contribution in [0.3, 0.4) is 0 Å². The maximum absolute atomic E-state index is 11.8. The molecule has 108 valence electrons. The van der Waals surface area contributed by atoms with Crippen molar-refractivity contribution in [2.24, 2.45) is 10.8 Å². The second-order valence-corrected chi connectivity index (χ2v) is 8.67. The van der Waals surface area contributed by atoms with Crippen LogP contribution >= 0.6 is 7.82 Å². The highest BCUT2D eigenvalue weighted by atomic mass is 31.2. The van der Waals surface area contributed by atoms with Crippen molar-refractivity contribution in [3.8, 4) is 0 Å². The van der Waals surface area contributed by atoms with Crippen LogP contribution < -0.4 is 0 Å². The third-order valence-electron chi connectivity index (χ3n) is 3.79. The second kappa shape index (κ2) is 4.05. The Labute approximate surface area is 115 Å². The van der Waals surface area contributed by atoms with Gasteiger partial charge >= 0.3 is 7.82 Å². The van der Waals surface area contributed by atoms with Crippen LogP contribution in [-0.2, 0) is 13.6 Å². The van der Waals surface area contributed by atoms with E-state index in [1.807, 2.05) is 39.0 Å². The van der Waals surface area contributed by atoms with Gasteiger partial charge < -0.3 is 4.89 Å². The monoisotopic (exact) mass is 286 g/mol. The van der Waals surface area contributed by atoms with E-state index in [2.05, 4.69) is 20.8 Å². The van der Waals surface area contributed by atoms with Gasteiger partial charge in [0.2, 0.25) is 0 Å². The molecule has 0 amide bonds. The van der Waals surface area contributed by atoms with E-state index in [4.69, 9.17) is 9.05 Å². The van der Waals surface area contributed by atoms with Crippen LogP contribution in [0.2, 0.25) is 0 Å². The van der Waals surface area contributed by atoms with E-state index in [1.54, 1.807) is 0 Å². The summed E-state index contributed by atoms with van der Waals surface area (Å²) in [6.45, 7) is 12.3. The van der Waals surface area contributed by atoms with Gasteiger partial charge in [-0.1, -0.05) is 53.7 Å². The summed E-state index contributed by atoms with van der Waals surface area (Å²) in [4.78, 5) is 9.69. The van der Waals surface area contributed by atoms with Crippen molar-refractivity contribution >= 4 is 7.82 Å². The summed E-state index contributed by atoms with van der Waals surface area (Å²) < 4.78 is 22.5. The predicted molar refractivity (Wildman–Crippen MR) is 74.6 cm³/mol. The molecule has 0 spiro atoms. The maximum Gasteiger partial charge on any atom is 0.473 e. The van der Waals surface area contributed by atoms with Crippen molar-refractivity contribution in [1.82, 2.24) is 0 Å². The summed E-state index contributed by atoms with van der Waals surface area (Å²) >= 11 is 0. The highest BCUT2D eigenvalue weighted by molar-refractivity contribution is 7.47. The van der Waals surface area contributed by atoms with Gasteiger partial charge in [0.05, 0.1) is 0 Å². The highest BCUT2D eigenvalue weighted by Crippen LogP contribution is 2.63. The van der Waals surface area contributed by atoms with E-state index in [0.717, 1.165) is 5.57 Å². The number of phosphoric ester groups is 1. The maximum atomic E-state index is 11.8. The molecule has 4 nitrogen and oxygen atoms in total. The Kier molecular flexibility index (Phi) is 3.19. The second-order valence-electron chi connectivity index (χ2n) is 7.34. The number of fused-ring (bicyclic) bond motifs is 1. The largest absolute Gasteiger partial charge is 0.473 e. The van der Waals surface area contributed by atoms with Crippen molar-refractivity contribution in [2.45, 2.75) is 53.2 Å². The van der Waals surface area contributed by atoms with Crippen molar-refractivity contribution < 1.29 is 18.5 Å². The van der Waals surface area contributed by atoms with Crippen molar-refractivity contribution in [3.05, 3.63) is 23.8 Å². The molecule has 3 unspecified atom stereocenters. The number of allylic oxidation sites excluding steroid dienone is 2. The van der Waals surface area contributed by atoms with E-state index in [1.165, 1.54) is 0 Å². The summed E-state index contributed by atoms with van der Waals surface area (Å²) in [6, 6.07) is 0. The first-order valence-corrected chi connectivity index (χ1v) is 8.00. The van der Waals surface area contributed by atoms with Gasteiger partial charge in [-0.05, 0) is 22.5 Å². The van der Waals surface area contributed by atoms with Crippen LogP contribution in [0.25, 0.3) is 0 Å². The molecule has 2 rings (SSSR count). The molecule has 5 heteroatoms. The van der Waals surface area contributed by atoms with Gasteiger partial charge in [0.15, 0.2) is 0 Å². The average molecular weight is 286 g/mol. The quantitative estimate of drug-likeness (QED) is 0.688. The fourth-order valence-corrected chi connectivity index (χ4v) is 3.86. The molecule has 1 heterocycles. The third-order valence-corrected chi connectivity index (χ3v) is 4.82. The van der Waals surface area contributed by atoms with Crippen LogP contribution in [-0.4, -0.2) is 16.6 Å². The first-order valence-electron chi connectivity index (χ1n) is 6.51. The summed E-state index contributed by atoms with van der Waals surface area (Å²) in [5.74, 6) is 0. The smallest absolute Gasteiger partial charge is 0.302 e. The standard InChI is InChI=1S/C14H23O4P/c1-12(2,3)10-7-8-11-14(9-10,13(4,5)6)18-19(15,16)17-11/h7-9,11H,1-6H3,(H,15,16). The lowest BCUT2D eigenvalue weighted by Gasteiger charge is -2.43. The molecule has 2 aliphatic rings. The van der Waals surface area contributed by atoms with E-state index < -0.39 is 19.5 Å². The zero-order valence-corrected chi connectivity index (χ0v) is 13.3. The Morgan fingerprint density at radius 3 is 2.32 bits per heavy atom. The molecule has 0 saturated carbocycles. The molecular weight excluding hydrogens is 263 g/mol. The van der Waals surface area contributed by atoms with Gasteiger partial charge in [-0.25, -0.2) is 4.57 Å². The molecule has 0 aromatic carbocycles. The number of hydrogen-bond donors (Lipinski definition) is 1. The number of hydrogen-bond acceptors (Lipinski definition) is 3. The summed E-state index contributed by atoms with van der Waals surface area (Å²) in [5, 5.41) is 0. The van der Waals surface area contributed by atoms with Crippen LogP contribution in [0.5, 0.6) is 0 Å². The molecule has 0 aromatic heterocycles. The van der Waals surface area contributed by atoms with Gasteiger partial charge in [0, 0.05) is 0 Å². The lowest BCUT2D eigenvalue weighted by atomic mass is 9.68. The Morgan fingerprint density at radius 1 is 1.26 bits per heavy atom. The molecule has 1 aliphatic heterocycles. The lowest BCUT2D eigenvalue weighted by molar-refractivity contribution is -0.00125. The SMILES string of the molecule is CC(C)(C)C1=CC2(C(C)(C)C)OP(=O)(O)OC2C=C1. The van der Waals surface area contributed by atoms with E-state index >= 15 is 0 Å². The predicted octanol–water partition coefficient (Wildman–Crippen LogP) is 3.83. The zero-order valence-electron chi connectivity index (χ0n) is 12.4. The number of rotatable bonds is 0. The van der Waals surface area contributed by atoms with Gasteiger partial charge in [-0.2, -0.15) is 0 Å². The van der Waals surface area contributed by atoms with E-state index in [0.29, 0.717) is 0 Å².